The van der Waals surface area contributed by atoms with E-state index in [-0.39, 0.29) is 36.1 Å². The van der Waals surface area contributed by atoms with Crippen molar-refractivity contribution in [1.29, 1.82) is 0 Å². The predicted molar refractivity (Wildman–Crippen MR) is 145 cm³/mol. The molecule has 2 aliphatic rings. The van der Waals surface area contributed by atoms with Gasteiger partial charge in [-0.3, -0.25) is 9.36 Å². The zero-order valence-corrected chi connectivity index (χ0v) is 22.7. The van der Waals surface area contributed by atoms with Gasteiger partial charge in [0.25, 0.3) is 0 Å². The quantitative estimate of drug-likeness (QED) is 0.417. The van der Waals surface area contributed by atoms with Gasteiger partial charge in [0.15, 0.2) is 11.6 Å². The molecule has 1 aliphatic heterocycles. The Labute approximate surface area is 235 Å². The van der Waals surface area contributed by atoms with Crippen LogP contribution in [0.1, 0.15) is 44.1 Å². The van der Waals surface area contributed by atoms with Crippen LogP contribution < -0.4 is 15.5 Å². The van der Waals surface area contributed by atoms with Crippen molar-refractivity contribution < 1.29 is 18.4 Å². The number of imidazole rings is 1. The monoisotopic (exact) mass is 572 g/mol. The lowest BCUT2D eigenvalue weighted by Gasteiger charge is -2.42. The summed E-state index contributed by atoms with van der Waals surface area (Å²) >= 11 is 6.35. The molecule has 40 heavy (non-hydrogen) atoms. The molecular weight excluding hydrogens is 542 g/mol. The number of carbonyl (C=O) groups excluding carboxylic acids is 2. The van der Waals surface area contributed by atoms with E-state index in [1.807, 2.05) is 4.90 Å². The number of nitrogens with zero attached hydrogens (tertiary/aromatic N) is 6. The fraction of sp³-hybridized carbons (Fsp3) is 0.444. The van der Waals surface area contributed by atoms with Crippen molar-refractivity contribution in [3.8, 4) is 5.95 Å². The summed E-state index contributed by atoms with van der Waals surface area (Å²) in [5.74, 6) is -1.37. The summed E-state index contributed by atoms with van der Waals surface area (Å²) in [6.07, 6.45) is 10.2. The second-order valence-electron chi connectivity index (χ2n) is 10.1. The highest BCUT2D eigenvalue weighted by Gasteiger charge is 2.33. The van der Waals surface area contributed by atoms with Gasteiger partial charge in [0.2, 0.25) is 11.9 Å². The van der Waals surface area contributed by atoms with Gasteiger partial charge in [-0.05, 0) is 30.5 Å². The van der Waals surface area contributed by atoms with E-state index in [0.29, 0.717) is 37.0 Å². The van der Waals surface area contributed by atoms with Gasteiger partial charge >= 0.3 is 6.03 Å². The van der Waals surface area contributed by atoms with E-state index in [1.165, 1.54) is 12.5 Å². The molecule has 1 saturated carbocycles. The molecule has 5 rings (SSSR count). The van der Waals surface area contributed by atoms with E-state index in [2.05, 4.69) is 25.6 Å². The first-order valence-electron chi connectivity index (χ1n) is 13.4. The van der Waals surface area contributed by atoms with Gasteiger partial charge in [-0.1, -0.05) is 36.9 Å². The topological polar surface area (TPSA) is 108 Å². The average molecular weight is 573 g/mol. The normalized spacial score (nSPS) is 18.0. The lowest BCUT2D eigenvalue weighted by Crippen LogP contribution is -2.59. The smallest absolute Gasteiger partial charge is 0.317 e. The van der Waals surface area contributed by atoms with Crippen LogP contribution in [0.5, 0.6) is 0 Å². The Kier molecular flexibility index (Phi) is 8.73. The van der Waals surface area contributed by atoms with Crippen LogP contribution >= 0.6 is 11.6 Å². The predicted octanol–water partition coefficient (Wildman–Crippen LogP) is 3.83. The molecule has 0 spiro atoms. The summed E-state index contributed by atoms with van der Waals surface area (Å²) < 4.78 is 28.5. The van der Waals surface area contributed by atoms with Gasteiger partial charge in [-0.15, -0.1) is 0 Å². The number of hydrogen-bond donors (Lipinski definition) is 2. The van der Waals surface area contributed by atoms with Crippen LogP contribution in [-0.4, -0.2) is 68.1 Å². The summed E-state index contributed by atoms with van der Waals surface area (Å²) in [5.41, 5.74) is 0.439. The number of benzene rings is 1. The van der Waals surface area contributed by atoms with Crippen molar-refractivity contribution in [1.82, 2.24) is 35.1 Å². The Morgan fingerprint density at radius 3 is 2.62 bits per heavy atom. The number of halogens is 3. The molecule has 1 unspecified atom stereocenters. The summed E-state index contributed by atoms with van der Waals surface area (Å²) in [6, 6.07) is 4.74. The standard InChI is InChI=1S/C27H31ClF2N8O2/c28-23-14-24(35-26(34-23)37-9-8-31-17-37)38-11-10-36(27(40)33-19-4-2-1-3-5-19)16-20(38)13-25(39)32-15-18-6-7-21(29)22(30)12-18/h6-9,12,14,17,19-20H,1-5,10-11,13,15-16H2,(H,32,39)(H,33,40). The van der Waals surface area contributed by atoms with Crippen molar-refractivity contribution in [3.63, 3.8) is 0 Å². The number of urea groups is 1. The van der Waals surface area contributed by atoms with Crippen LogP contribution in [0.15, 0.2) is 43.0 Å². The maximum atomic E-state index is 13.6. The molecule has 3 aromatic rings. The summed E-state index contributed by atoms with van der Waals surface area (Å²) in [7, 11) is 0. The Morgan fingerprint density at radius 2 is 1.88 bits per heavy atom. The van der Waals surface area contributed by atoms with E-state index in [1.54, 1.807) is 34.3 Å². The largest absolute Gasteiger partial charge is 0.352 e. The van der Waals surface area contributed by atoms with Gasteiger partial charge < -0.3 is 20.4 Å². The van der Waals surface area contributed by atoms with E-state index in [4.69, 9.17) is 11.6 Å². The lowest BCUT2D eigenvalue weighted by atomic mass is 9.96. The second kappa shape index (κ2) is 12.6. The highest BCUT2D eigenvalue weighted by Crippen LogP contribution is 2.25. The lowest BCUT2D eigenvalue weighted by molar-refractivity contribution is -0.121. The molecule has 0 bridgehead atoms. The second-order valence-corrected chi connectivity index (χ2v) is 10.5. The van der Waals surface area contributed by atoms with Gasteiger partial charge in [-0.2, -0.15) is 4.98 Å². The molecule has 1 saturated heterocycles. The third-order valence-electron chi connectivity index (χ3n) is 7.30. The van der Waals surface area contributed by atoms with Crippen LogP contribution in [0, 0.1) is 11.6 Å². The molecule has 1 aromatic carbocycles. The highest BCUT2D eigenvalue weighted by atomic mass is 35.5. The SMILES string of the molecule is O=C(CC1CN(C(=O)NC2CCCCC2)CCN1c1cc(Cl)nc(-n2ccnc2)n1)NCc1ccc(F)c(F)c1. The van der Waals surface area contributed by atoms with Crippen molar-refractivity contribution in [2.24, 2.45) is 0 Å². The Morgan fingerprint density at radius 1 is 1.05 bits per heavy atom. The van der Waals surface area contributed by atoms with Gasteiger partial charge in [0.05, 0.1) is 6.04 Å². The fourth-order valence-corrected chi connectivity index (χ4v) is 5.37. The average Bonchev–Trinajstić information content (AvgIpc) is 3.49. The number of anilines is 1. The van der Waals surface area contributed by atoms with E-state index in [9.17, 15) is 18.4 Å². The molecule has 1 aliphatic carbocycles. The van der Waals surface area contributed by atoms with Crippen LogP contribution in [0.3, 0.4) is 0 Å². The Hall–Kier alpha value is -3.80. The van der Waals surface area contributed by atoms with Crippen molar-refractivity contribution in [2.75, 3.05) is 24.5 Å². The zero-order chi connectivity index (χ0) is 28.1. The number of aromatic nitrogens is 4. The molecule has 2 fully saturated rings. The van der Waals surface area contributed by atoms with Crippen molar-refractivity contribution in [2.45, 2.75) is 57.2 Å². The molecule has 0 radical (unpaired) electrons. The number of amides is 3. The van der Waals surface area contributed by atoms with Crippen LogP contribution in [-0.2, 0) is 11.3 Å². The highest BCUT2D eigenvalue weighted by molar-refractivity contribution is 6.29. The third-order valence-corrected chi connectivity index (χ3v) is 7.49. The zero-order valence-electron chi connectivity index (χ0n) is 21.9. The van der Waals surface area contributed by atoms with Crippen molar-refractivity contribution >= 4 is 29.4 Å². The van der Waals surface area contributed by atoms with Crippen LogP contribution in [0.4, 0.5) is 19.4 Å². The maximum absolute atomic E-state index is 13.6. The third kappa shape index (κ3) is 6.85. The molecule has 1 atom stereocenters. The minimum absolute atomic E-state index is 0.0404. The number of nitrogens with one attached hydrogen (secondary N) is 2. The number of carbonyl (C=O) groups is 2. The minimum atomic E-state index is -0.973. The molecule has 13 heteroatoms. The molecule has 3 heterocycles. The van der Waals surface area contributed by atoms with Crippen LogP contribution in [0.25, 0.3) is 5.95 Å². The van der Waals surface area contributed by atoms with Crippen molar-refractivity contribution in [3.05, 3.63) is 65.3 Å². The van der Waals surface area contributed by atoms with Gasteiger partial charge in [0.1, 0.15) is 17.3 Å². The van der Waals surface area contributed by atoms with Gasteiger partial charge in [-0.25, -0.2) is 23.5 Å². The molecule has 10 nitrogen and oxygen atoms in total. The first-order chi connectivity index (χ1) is 19.4. The van der Waals surface area contributed by atoms with E-state index >= 15 is 0 Å². The van der Waals surface area contributed by atoms with Crippen LogP contribution in [0.2, 0.25) is 5.15 Å². The molecule has 2 N–H and O–H groups in total. The number of rotatable bonds is 7. The first kappa shape index (κ1) is 27.8. The number of piperazine rings is 1. The first-order valence-corrected chi connectivity index (χ1v) is 13.8. The molecule has 212 valence electrons. The fourth-order valence-electron chi connectivity index (χ4n) is 5.20. The van der Waals surface area contributed by atoms with E-state index in [0.717, 1.165) is 37.8 Å². The van der Waals surface area contributed by atoms with E-state index < -0.39 is 17.7 Å². The minimum Gasteiger partial charge on any atom is -0.352 e. The maximum Gasteiger partial charge on any atom is 0.317 e. The molecular formula is C27H31ClF2N8O2. The summed E-state index contributed by atoms with van der Waals surface area (Å²) in [5, 5.41) is 6.16. The Bertz CT molecular complexity index is 1340. The Balaban J connectivity index is 1.32. The summed E-state index contributed by atoms with van der Waals surface area (Å²) in [6.45, 7) is 1.20. The molecule has 2 aromatic heterocycles. The van der Waals surface area contributed by atoms with Gasteiger partial charge in [0, 0.05) is 57.1 Å². The molecule has 3 amide bonds. The summed E-state index contributed by atoms with van der Waals surface area (Å²) in [4.78, 5) is 42.8. The number of hydrogen-bond acceptors (Lipinski definition) is 6.